The summed E-state index contributed by atoms with van der Waals surface area (Å²) in [7, 11) is 0. The summed E-state index contributed by atoms with van der Waals surface area (Å²) in [6.07, 6.45) is 7.55. The first kappa shape index (κ1) is 67.0. The van der Waals surface area contributed by atoms with Gasteiger partial charge >= 0.3 is 59.7 Å². The first-order chi connectivity index (χ1) is 39.6. The molecule has 0 spiro atoms. The molecule has 4 rings (SSSR count). The Morgan fingerprint density at radius 1 is 0.463 bits per heavy atom. The number of carbonyl (C=O) groups is 10. The summed E-state index contributed by atoms with van der Waals surface area (Å²) >= 11 is 0. The van der Waals surface area contributed by atoms with Gasteiger partial charge in [0, 0.05) is 31.8 Å². The Balaban J connectivity index is 1.32. The predicted octanol–water partition coefficient (Wildman–Crippen LogP) is 8.31. The zero-order chi connectivity index (χ0) is 59.7. The van der Waals surface area contributed by atoms with Gasteiger partial charge in [0.25, 0.3) is 0 Å². The summed E-state index contributed by atoms with van der Waals surface area (Å²) in [5, 5.41) is 0. The van der Waals surface area contributed by atoms with E-state index in [0.29, 0.717) is 77.4 Å². The maximum absolute atomic E-state index is 13.6. The summed E-state index contributed by atoms with van der Waals surface area (Å²) in [4.78, 5) is 128. The van der Waals surface area contributed by atoms with Crippen LogP contribution in [0.3, 0.4) is 0 Å². The molecule has 0 saturated heterocycles. The Bertz CT molecular complexity index is 2470. The molecule has 82 heavy (non-hydrogen) atoms. The second-order valence-corrected chi connectivity index (χ2v) is 19.3. The van der Waals surface area contributed by atoms with Crippen molar-refractivity contribution in [1.29, 1.82) is 0 Å². The van der Waals surface area contributed by atoms with E-state index in [1.807, 2.05) is 6.92 Å². The highest BCUT2D eigenvalue weighted by Crippen LogP contribution is 2.35. The smallest absolute Gasteiger partial charge is 0.342 e. The molecule has 2 aromatic rings. The summed E-state index contributed by atoms with van der Waals surface area (Å²) in [5.74, 6) is -9.39. The number of rotatable bonds is 36. The minimum atomic E-state index is -0.875. The summed E-state index contributed by atoms with van der Waals surface area (Å²) in [6.45, 7) is 13.5. The molecule has 0 radical (unpaired) electrons. The van der Waals surface area contributed by atoms with Crippen LogP contribution in [0.4, 0.5) is 0 Å². The van der Waals surface area contributed by atoms with Crippen LogP contribution in [0.1, 0.15) is 144 Å². The molecular formula is C60H78O22. The number of ether oxygens (including phenoxy) is 12. The van der Waals surface area contributed by atoms with E-state index in [4.69, 9.17) is 56.8 Å². The van der Waals surface area contributed by atoms with Crippen LogP contribution in [-0.4, -0.2) is 126 Å². The van der Waals surface area contributed by atoms with Gasteiger partial charge in [0.2, 0.25) is 0 Å². The van der Waals surface area contributed by atoms with E-state index in [1.54, 1.807) is 13.8 Å². The van der Waals surface area contributed by atoms with Gasteiger partial charge in [0.15, 0.2) is 0 Å². The Hall–Kier alpha value is -7.46. The number of carbonyl (C=O) groups excluding carboxylic acids is 10. The number of hydrogen-bond donors (Lipinski definition) is 0. The zero-order valence-electron chi connectivity index (χ0n) is 47.3. The largest absolute Gasteiger partial charge is 0.465 e. The fourth-order valence-electron chi connectivity index (χ4n) is 8.84. The molecule has 2 fully saturated rings. The third kappa shape index (κ3) is 23.9. The Kier molecular flexibility index (Phi) is 30.7. The lowest BCUT2D eigenvalue weighted by Crippen LogP contribution is -2.30. The minimum Gasteiger partial charge on any atom is -0.465 e. The van der Waals surface area contributed by atoms with Gasteiger partial charge in [-0.05, 0) is 140 Å². The number of hydrogen-bond acceptors (Lipinski definition) is 22. The quantitative estimate of drug-likeness (QED) is 0.0204. The van der Waals surface area contributed by atoms with Gasteiger partial charge in [0.1, 0.15) is 47.3 Å². The lowest BCUT2D eigenvalue weighted by Gasteiger charge is -2.26. The molecule has 2 aromatic carbocycles. The van der Waals surface area contributed by atoms with Gasteiger partial charge in [-0.2, -0.15) is 0 Å². The van der Waals surface area contributed by atoms with E-state index in [-0.39, 0.29) is 131 Å². The molecule has 0 heterocycles. The Labute approximate surface area is 478 Å². The van der Waals surface area contributed by atoms with Crippen molar-refractivity contribution in [1.82, 2.24) is 0 Å². The van der Waals surface area contributed by atoms with Crippen molar-refractivity contribution >= 4 is 59.7 Å². The van der Waals surface area contributed by atoms with Crippen LogP contribution < -0.4 is 18.9 Å². The van der Waals surface area contributed by atoms with Gasteiger partial charge in [-0.3, -0.25) is 28.8 Å². The lowest BCUT2D eigenvalue weighted by atomic mass is 9.82. The molecule has 2 saturated carbocycles. The van der Waals surface area contributed by atoms with Crippen LogP contribution in [0, 0.1) is 29.6 Å². The average molecular weight is 1150 g/mol. The average Bonchev–Trinajstić information content (AvgIpc) is 3.51. The van der Waals surface area contributed by atoms with E-state index < -0.39 is 83.3 Å². The molecule has 0 aromatic heterocycles. The molecule has 22 nitrogen and oxygen atoms in total. The number of benzene rings is 2. The van der Waals surface area contributed by atoms with Crippen LogP contribution >= 0.6 is 0 Å². The standard InChI is InChI=1S/C60H78O22/c1-6-15-40(54(64)75-32-13-11-30-73-51(61)7-2)24-29-53(63)81-49-27-25-45(38-47(49)59(69)77-36-34-71-9-4)79-56(66)42-20-22-43(23-21-42)57(67)80-46-26-28-50(48(39-46)60(70)78-37-35-72-10-5)82-58(68)44-18-16-41(17-19-44)55(65)76-33-14-12-31-74-52(62)8-3/h7-8,25-28,38-44H,2-3,6,9-24,29-37H2,1,4-5H3. The SMILES string of the molecule is C=CC(=O)OCCCCOC(=O)C(CCC)CCC(=O)Oc1ccc(OC(=O)C2CCC(C(=O)Oc3ccc(OC(=O)C4CCC(C(=O)OCCCCOC(=O)C=C)CC4)c(C(=O)OCCOCC)c3)CC2)cc1C(=O)OCCOCC. The van der Waals surface area contributed by atoms with Crippen molar-refractivity contribution in [2.75, 3.05) is 66.1 Å². The molecule has 0 amide bonds. The van der Waals surface area contributed by atoms with E-state index >= 15 is 0 Å². The fraction of sp³-hybridized carbons (Fsp3) is 0.567. The Morgan fingerprint density at radius 2 is 0.866 bits per heavy atom. The molecule has 22 heteroatoms. The van der Waals surface area contributed by atoms with E-state index in [9.17, 15) is 47.9 Å². The van der Waals surface area contributed by atoms with Crippen molar-refractivity contribution < 1.29 is 105 Å². The normalized spacial score (nSPS) is 16.9. The summed E-state index contributed by atoms with van der Waals surface area (Å²) in [6, 6.07) is 7.85. The molecule has 0 bridgehead atoms. The molecule has 2 aliphatic carbocycles. The van der Waals surface area contributed by atoms with Crippen LogP contribution in [0.25, 0.3) is 0 Å². The van der Waals surface area contributed by atoms with Crippen LogP contribution in [0.2, 0.25) is 0 Å². The Morgan fingerprint density at radius 3 is 1.29 bits per heavy atom. The monoisotopic (exact) mass is 1150 g/mol. The van der Waals surface area contributed by atoms with Crippen molar-refractivity contribution in [2.24, 2.45) is 29.6 Å². The predicted molar refractivity (Wildman–Crippen MR) is 290 cm³/mol. The topological polar surface area (TPSA) is 281 Å². The highest BCUT2D eigenvalue weighted by molar-refractivity contribution is 5.95. The highest BCUT2D eigenvalue weighted by Gasteiger charge is 2.35. The molecule has 0 aliphatic heterocycles. The molecule has 2 aliphatic rings. The summed E-state index contributed by atoms with van der Waals surface area (Å²) < 4.78 is 64.8. The van der Waals surface area contributed by atoms with Crippen molar-refractivity contribution in [3.05, 3.63) is 72.8 Å². The van der Waals surface area contributed by atoms with Crippen molar-refractivity contribution in [2.45, 2.75) is 124 Å². The van der Waals surface area contributed by atoms with E-state index in [2.05, 4.69) is 13.2 Å². The van der Waals surface area contributed by atoms with Crippen LogP contribution in [0.5, 0.6) is 23.0 Å². The minimum absolute atomic E-state index is 0.0167. The molecule has 1 unspecified atom stereocenters. The number of unbranched alkanes of at least 4 members (excludes halogenated alkanes) is 2. The molecule has 0 N–H and O–H groups in total. The van der Waals surface area contributed by atoms with Crippen molar-refractivity contribution in [3.63, 3.8) is 0 Å². The second kappa shape index (κ2) is 37.5. The zero-order valence-corrected chi connectivity index (χ0v) is 47.3. The van der Waals surface area contributed by atoms with Gasteiger partial charge in [-0.25, -0.2) is 19.2 Å². The van der Waals surface area contributed by atoms with Gasteiger partial charge in [-0.1, -0.05) is 26.5 Å². The van der Waals surface area contributed by atoms with Gasteiger partial charge in [0.05, 0.1) is 69.2 Å². The third-order valence-corrected chi connectivity index (χ3v) is 13.4. The van der Waals surface area contributed by atoms with Crippen LogP contribution in [-0.2, 0) is 76.3 Å². The lowest BCUT2D eigenvalue weighted by molar-refractivity contribution is -0.152. The highest BCUT2D eigenvalue weighted by atomic mass is 16.6. The first-order valence-corrected chi connectivity index (χ1v) is 28.2. The summed E-state index contributed by atoms with van der Waals surface area (Å²) in [5.41, 5.74) is -0.369. The molecular weight excluding hydrogens is 1070 g/mol. The molecule has 1 atom stereocenters. The van der Waals surface area contributed by atoms with E-state index in [0.717, 1.165) is 12.2 Å². The van der Waals surface area contributed by atoms with E-state index in [1.165, 1.54) is 36.4 Å². The first-order valence-electron chi connectivity index (χ1n) is 28.2. The van der Waals surface area contributed by atoms with Crippen molar-refractivity contribution in [3.8, 4) is 23.0 Å². The second-order valence-electron chi connectivity index (χ2n) is 19.3. The maximum Gasteiger partial charge on any atom is 0.342 e. The van der Waals surface area contributed by atoms with Gasteiger partial charge < -0.3 is 56.8 Å². The third-order valence-electron chi connectivity index (χ3n) is 13.4. The maximum atomic E-state index is 13.6. The fourth-order valence-corrected chi connectivity index (χ4v) is 8.84. The number of esters is 10. The van der Waals surface area contributed by atoms with Gasteiger partial charge in [-0.15, -0.1) is 0 Å². The molecule has 450 valence electrons. The van der Waals surface area contributed by atoms with Crippen LogP contribution in [0.15, 0.2) is 61.7 Å².